The number of hydrazine groups is 1. The summed E-state index contributed by atoms with van der Waals surface area (Å²) >= 11 is 3.66. The van der Waals surface area contributed by atoms with Gasteiger partial charge in [-0.25, -0.2) is 0 Å². The molecular weight excluding hydrogens is 316 g/mol. The third kappa shape index (κ3) is 2.95. The van der Waals surface area contributed by atoms with Crippen molar-refractivity contribution in [2.24, 2.45) is 12.9 Å². The quantitative estimate of drug-likeness (QED) is 0.652. The van der Waals surface area contributed by atoms with Crippen molar-refractivity contribution in [2.45, 2.75) is 32.7 Å². The standard InChI is InChI=1S/C15H21BrN4/c1-4-12-15(16)14(20(3)19-12)9-13(18-17)11-8-6-5-7-10(11)2/h5-8,13,18H,4,9,17H2,1-3H3. The van der Waals surface area contributed by atoms with E-state index in [0.29, 0.717) is 0 Å². The Labute approximate surface area is 128 Å². The van der Waals surface area contributed by atoms with Gasteiger partial charge in [0.2, 0.25) is 0 Å². The Bertz CT molecular complexity index is 592. The molecule has 0 amide bonds. The highest BCUT2D eigenvalue weighted by Crippen LogP contribution is 2.27. The Morgan fingerprint density at radius 2 is 2.10 bits per heavy atom. The van der Waals surface area contributed by atoms with Crippen molar-refractivity contribution in [2.75, 3.05) is 0 Å². The predicted molar refractivity (Wildman–Crippen MR) is 85.2 cm³/mol. The van der Waals surface area contributed by atoms with Crippen LogP contribution in [0.15, 0.2) is 28.7 Å². The SMILES string of the molecule is CCc1nn(C)c(CC(NN)c2ccccc2C)c1Br. The number of aromatic nitrogens is 2. The van der Waals surface area contributed by atoms with Crippen LogP contribution in [-0.2, 0) is 19.9 Å². The summed E-state index contributed by atoms with van der Waals surface area (Å²) in [5.41, 5.74) is 7.64. The van der Waals surface area contributed by atoms with Crippen molar-refractivity contribution in [3.63, 3.8) is 0 Å². The highest BCUT2D eigenvalue weighted by Gasteiger charge is 2.19. The largest absolute Gasteiger partial charge is 0.271 e. The van der Waals surface area contributed by atoms with Crippen LogP contribution in [0.3, 0.4) is 0 Å². The van der Waals surface area contributed by atoms with E-state index in [2.05, 4.69) is 52.4 Å². The van der Waals surface area contributed by atoms with Gasteiger partial charge in [-0.3, -0.25) is 16.0 Å². The van der Waals surface area contributed by atoms with Crippen molar-refractivity contribution in [1.29, 1.82) is 0 Å². The average molecular weight is 337 g/mol. The number of hydrogen-bond donors (Lipinski definition) is 2. The van der Waals surface area contributed by atoms with Gasteiger partial charge in [-0.2, -0.15) is 5.10 Å². The van der Waals surface area contributed by atoms with E-state index in [-0.39, 0.29) is 6.04 Å². The number of nitrogens with one attached hydrogen (secondary N) is 1. The van der Waals surface area contributed by atoms with Crippen LogP contribution >= 0.6 is 15.9 Å². The van der Waals surface area contributed by atoms with Gasteiger partial charge in [-0.05, 0) is 40.4 Å². The second-order valence-electron chi connectivity index (χ2n) is 4.96. The van der Waals surface area contributed by atoms with Gasteiger partial charge >= 0.3 is 0 Å². The monoisotopic (exact) mass is 336 g/mol. The Morgan fingerprint density at radius 3 is 2.65 bits per heavy atom. The first-order valence-corrected chi connectivity index (χ1v) is 7.59. The van der Waals surface area contributed by atoms with Crippen LogP contribution in [0, 0.1) is 6.92 Å². The minimum atomic E-state index is 0.0765. The lowest BCUT2D eigenvalue weighted by Crippen LogP contribution is -2.30. The molecule has 3 N–H and O–H groups in total. The Morgan fingerprint density at radius 1 is 1.40 bits per heavy atom. The van der Waals surface area contributed by atoms with Crippen molar-refractivity contribution in [3.8, 4) is 0 Å². The summed E-state index contributed by atoms with van der Waals surface area (Å²) in [6.07, 6.45) is 1.71. The fraction of sp³-hybridized carbons (Fsp3) is 0.400. The molecule has 2 rings (SSSR count). The van der Waals surface area contributed by atoms with Crippen LogP contribution in [0.1, 0.15) is 35.5 Å². The summed E-state index contributed by atoms with van der Waals surface area (Å²) in [4.78, 5) is 0. The molecule has 0 aliphatic carbocycles. The summed E-state index contributed by atoms with van der Waals surface area (Å²) in [5, 5.41) is 4.53. The molecule has 1 aromatic heterocycles. The van der Waals surface area contributed by atoms with Crippen molar-refractivity contribution in [3.05, 3.63) is 51.3 Å². The van der Waals surface area contributed by atoms with E-state index >= 15 is 0 Å². The lowest BCUT2D eigenvalue weighted by Gasteiger charge is -2.19. The molecule has 5 heteroatoms. The average Bonchev–Trinajstić information content (AvgIpc) is 2.72. The minimum Gasteiger partial charge on any atom is -0.271 e. The van der Waals surface area contributed by atoms with Crippen LogP contribution in [-0.4, -0.2) is 9.78 Å². The molecule has 1 atom stereocenters. The topological polar surface area (TPSA) is 55.9 Å². The second-order valence-corrected chi connectivity index (χ2v) is 5.76. The first kappa shape index (κ1) is 15.2. The van der Waals surface area contributed by atoms with E-state index in [1.54, 1.807) is 0 Å². The van der Waals surface area contributed by atoms with E-state index in [0.717, 1.165) is 28.7 Å². The molecular formula is C15H21BrN4. The van der Waals surface area contributed by atoms with Crippen molar-refractivity contribution >= 4 is 15.9 Å². The summed E-state index contributed by atoms with van der Waals surface area (Å²) < 4.78 is 3.03. The van der Waals surface area contributed by atoms with Crippen LogP contribution < -0.4 is 11.3 Å². The molecule has 1 aromatic carbocycles. The molecule has 0 fully saturated rings. The maximum atomic E-state index is 5.77. The number of halogens is 1. The van der Waals surface area contributed by atoms with E-state index in [4.69, 9.17) is 5.84 Å². The molecule has 1 unspecified atom stereocenters. The smallest absolute Gasteiger partial charge is 0.0766 e. The van der Waals surface area contributed by atoms with Crippen molar-refractivity contribution < 1.29 is 0 Å². The van der Waals surface area contributed by atoms with Gasteiger partial charge in [0, 0.05) is 13.5 Å². The van der Waals surface area contributed by atoms with Gasteiger partial charge in [0.1, 0.15) is 0 Å². The molecule has 108 valence electrons. The Hall–Kier alpha value is -1.17. The van der Waals surface area contributed by atoms with Crippen LogP contribution in [0.5, 0.6) is 0 Å². The van der Waals surface area contributed by atoms with Crippen molar-refractivity contribution in [1.82, 2.24) is 15.2 Å². The first-order chi connectivity index (χ1) is 9.58. The number of aryl methyl sites for hydroxylation is 3. The molecule has 2 aromatic rings. The predicted octanol–water partition coefficient (Wildman–Crippen LogP) is 2.80. The van der Waals surface area contributed by atoms with Gasteiger partial charge in [0.15, 0.2) is 0 Å². The zero-order valence-electron chi connectivity index (χ0n) is 12.2. The van der Waals surface area contributed by atoms with Gasteiger partial charge in [-0.15, -0.1) is 0 Å². The molecule has 0 saturated carbocycles. The molecule has 0 saturated heterocycles. The van der Waals surface area contributed by atoms with E-state index < -0.39 is 0 Å². The zero-order valence-corrected chi connectivity index (χ0v) is 13.7. The van der Waals surface area contributed by atoms with Gasteiger partial charge in [0.05, 0.1) is 21.9 Å². The number of nitrogens with two attached hydrogens (primary N) is 1. The number of benzene rings is 1. The zero-order chi connectivity index (χ0) is 14.7. The van der Waals surface area contributed by atoms with Gasteiger partial charge in [-0.1, -0.05) is 31.2 Å². The molecule has 0 aliphatic heterocycles. The van der Waals surface area contributed by atoms with Crippen LogP contribution in [0.2, 0.25) is 0 Å². The third-order valence-corrected chi connectivity index (χ3v) is 4.58. The fourth-order valence-electron chi connectivity index (χ4n) is 2.47. The second kappa shape index (κ2) is 6.52. The van der Waals surface area contributed by atoms with Gasteiger partial charge < -0.3 is 0 Å². The summed E-state index contributed by atoms with van der Waals surface area (Å²) in [5.74, 6) is 5.77. The van der Waals surface area contributed by atoms with Gasteiger partial charge in [0.25, 0.3) is 0 Å². The Kier molecular flexibility index (Phi) is 4.96. The van der Waals surface area contributed by atoms with E-state index in [1.807, 2.05) is 23.9 Å². The summed E-state index contributed by atoms with van der Waals surface area (Å²) in [6, 6.07) is 8.39. The molecule has 0 spiro atoms. The lowest BCUT2D eigenvalue weighted by molar-refractivity contribution is 0.527. The molecule has 0 aliphatic rings. The van der Waals surface area contributed by atoms with Crippen LogP contribution in [0.25, 0.3) is 0 Å². The van der Waals surface area contributed by atoms with E-state index in [9.17, 15) is 0 Å². The minimum absolute atomic E-state index is 0.0765. The lowest BCUT2D eigenvalue weighted by atomic mass is 9.98. The maximum Gasteiger partial charge on any atom is 0.0766 e. The van der Waals surface area contributed by atoms with E-state index in [1.165, 1.54) is 11.1 Å². The fourth-order valence-corrected chi connectivity index (χ4v) is 3.25. The number of rotatable bonds is 5. The molecule has 4 nitrogen and oxygen atoms in total. The highest BCUT2D eigenvalue weighted by atomic mass is 79.9. The number of hydrogen-bond acceptors (Lipinski definition) is 3. The Balaban J connectivity index is 2.32. The molecule has 0 radical (unpaired) electrons. The first-order valence-electron chi connectivity index (χ1n) is 6.80. The van der Waals surface area contributed by atoms with Crippen LogP contribution in [0.4, 0.5) is 0 Å². The molecule has 0 bridgehead atoms. The molecule has 20 heavy (non-hydrogen) atoms. The number of nitrogens with zero attached hydrogens (tertiary/aromatic N) is 2. The highest BCUT2D eigenvalue weighted by molar-refractivity contribution is 9.10. The summed E-state index contributed by atoms with van der Waals surface area (Å²) in [7, 11) is 1.98. The summed E-state index contributed by atoms with van der Waals surface area (Å²) in [6.45, 7) is 4.21. The maximum absolute atomic E-state index is 5.77. The third-order valence-electron chi connectivity index (χ3n) is 3.67. The normalized spacial score (nSPS) is 12.7. The molecule has 1 heterocycles.